The lowest BCUT2D eigenvalue weighted by atomic mass is 9.25. The monoisotopic (exact) mass is 348 g/mol. The summed E-state index contributed by atoms with van der Waals surface area (Å²) in [5.41, 5.74) is -3.02. The van der Waals surface area contributed by atoms with Gasteiger partial charge < -0.3 is 0 Å². The highest BCUT2D eigenvalue weighted by Crippen LogP contribution is 2.18. The molecule has 0 saturated heterocycles. The molecule has 0 N–H and O–H groups in total. The molecule has 124 valence electrons. The van der Waals surface area contributed by atoms with Crippen molar-refractivity contribution in [3.05, 3.63) is 46.5 Å². The Hall–Kier alpha value is -1.99. The van der Waals surface area contributed by atoms with Crippen molar-refractivity contribution in [3.63, 3.8) is 0 Å². The fourth-order valence-corrected chi connectivity index (χ4v) is 3.31. The Labute approximate surface area is 131 Å². The number of rotatable bonds is 0. The second kappa shape index (κ2) is 5.26. The average Bonchev–Trinajstić information content (AvgIpc) is 2.55. The van der Waals surface area contributed by atoms with Crippen LogP contribution >= 0.6 is 0 Å². The second-order valence-corrected chi connectivity index (χ2v) is 5.61. The van der Waals surface area contributed by atoms with Crippen molar-refractivity contribution in [2.75, 3.05) is 0 Å². The first kappa shape index (κ1) is 16.9. The van der Waals surface area contributed by atoms with Crippen molar-refractivity contribution in [3.8, 4) is 0 Å². The minimum absolute atomic E-state index is 0.754. The first-order valence-corrected chi connectivity index (χ1v) is 6.82. The molecule has 0 fully saturated rings. The molecular weight excluding hydrogens is 342 g/mol. The molecule has 0 unspecified atom stereocenters. The molecule has 1 heterocycles. The molecule has 0 saturated carbocycles. The smallest absolute Gasteiger partial charge is 0.204 e. The van der Waals surface area contributed by atoms with Crippen molar-refractivity contribution in [1.82, 2.24) is 0 Å². The van der Waals surface area contributed by atoms with E-state index in [1.54, 1.807) is 0 Å². The minimum atomic E-state index is -2.11. The van der Waals surface area contributed by atoms with E-state index in [1.165, 1.54) is 0 Å². The van der Waals surface area contributed by atoms with Crippen molar-refractivity contribution < 1.29 is 35.1 Å². The summed E-state index contributed by atoms with van der Waals surface area (Å²) in [6.07, 6.45) is 0. The van der Waals surface area contributed by atoms with Crippen LogP contribution in [0.3, 0.4) is 0 Å². The van der Waals surface area contributed by atoms with Crippen LogP contribution < -0.4 is 21.9 Å². The molecule has 1 aliphatic heterocycles. The highest BCUT2D eigenvalue weighted by molar-refractivity contribution is 7.02. The molecule has 0 amide bonds. The molecule has 0 radical (unpaired) electrons. The lowest BCUT2D eigenvalue weighted by Crippen LogP contribution is -2.71. The average molecular weight is 348 g/mol. The van der Waals surface area contributed by atoms with E-state index in [9.17, 15) is 35.1 Å². The molecule has 0 aromatic heterocycles. The maximum atomic E-state index is 14.1. The van der Waals surface area contributed by atoms with Gasteiger partial charge in [-0.2, -0.15) is 0 Å². The van der Waals surface area contributed by atoms with Gasteiger partial charge in [-0.05, 0) is 21.9 Å². The molecule has 0 atom stereocenters. The summed E-state index contributed by atoms with van der Waals surface area (Å²) in [5, 5.41) is 0. The van der Waals surface area contributed by atoms with Gasteiger partial charge in [0.1, 0.15) is 0 Å². The quantitative estimate of drug-likeness (QED) is 0.294. The topological polar surface area (TPSA) is 0 Å². The molecule has 2 aromatic rings. The van der Waals surface area contributed by atoms with Crippen LogP contribution in [-0.2, 0) is 0 Å². The van der Waals surface area contributed by atoms with Crippen LogP contribution in [0.1, 0.15) is 0 Å². The standard InChI is InChI=1S/C14H6B2F8/c1-15-3-5(9(19)13(23)11(21)7(3)17)16(2)6-4(15)8(18)12(22)14(24)10(6)20/h1-2H3. The van der Waals surface area contributed by atoms with E-state index in [0.717, 1.165) is 13.6 Å². The van der Waals surface area contributed by atoms with E-state index in [1.807, 2.05) is 0 Å². The van der Waals surface area contributed by atoms with E-state index in [-0.39, 0.29) is 0 Å². The summed E-state index contributed by atoms with van der Waals surface area (Å²) in [6, 6.07) is 0. The SMILES string of the molecule is CB1c2c(F)c(F)c(F)c(F)c2B(C)c2c(F)c(F)c(F)c(F)c21. The van der Waals surface area contributed by atoms with E-state index in [4.69, 9.17) is 0 Å². The minimum Gasteiger partial charge on any atom is -0.204 e. The molecule has 10 heteroatoms. The Morgan fingerprint density at radius 3 is 0.708 bits per heavy atom. The maximum absolute atomic E-state index is 14.1. The van der Waals surface area contributed by atoms with Crippen LogP contribution in [-0.4, -0.2) is 13.4 Å². The zero-order chi connectivity index (χ0) is 18.1. The van der Waals surface area contributed by atoms with Gasteiger partial charge in [0.2, 0.25) is 13.4 Å². The van der Waals surface area contributed by atoms with Crippen LogP contribution in [0.2, 0.25) is 13.6 Å². The molecule has 0 aliphatic carbocycles. The maximum Gasteiger partial charge on any atom is 0.213 e. The van der Waals surface area contributed by atoms with Gasteiger partial charge in [0.05, 0.1) is 0 Å². The van der Waals surface area contributed by atoms with Gasteiger partial charge in [-0.3, -0.25) is 0 Å². The second-order valence-electron chi connectivity index (χ2n) is 5.61. The molecular formula is C14H6B2F8. The largest absolute Gasteiger partial charge is 0.213 e. The molecule has 24 heavy (non-hydrogen) atoms. The Morgan fingerprint density at radius 1 is 0.375 bits per heavy atom. The zero-order valence-electron chi connectivity index (χ0n) is 12.2. The van der Waals surface area contributed by atoms with Gasteiger partial charge in [-0.15, -0.1) is 0 Å². The zero-order valence-corrected chi connectivity index (χ0v) is 12.2. The molecule has 0 bridgehead atoms. The third kappa shape index (κ3) is 1.88. The highest BCUT2D eigenvalue weighted by Gasteiger charge is 2.44. The molecule has 3 rings (SSSR count). The number of halogens is 8. The van der Waals surface area contributed by atoms with Crippen molar-refractivity contribution in [2.24, 2.45) is 0 Å². The lowest BCUT2D eigenvalue weighted by molar-refractivity contribution is 0.413. The van der Waals surface area contributed by atoms with Crippen LogP contribution in [0.4, 0.5) is 35.1 Å². The van der Waals surface area contributed by atoms with Crippen LogP contribution in [0.15, 0.2) is 0 Å². The Bertz CT molecular complexity index is 752. The van der Waals surface area contributed by atoms with E-state index in [0.29, 0.717) is 0 Å². The predicted molar refractivity (Wildman–Crippen MR) is 74.3 cm³/mol. The first-order valence-electron chi connectivity index (χ1n) is 6.82. The number of benzene rings is 2. The van der Waals surface area contributed by atoms with Crippen LogP contribution in [0.5, 0.6) is 0 Å². The Morgan fingerprint density at radius 2 is 0.542 bits per heavy atom. The highest BCUT2D eigenvalue weighted by atomic mass is 19.2. The van der Waals surface area contributed by atoms with Gasteiger partial charge in [0, 0.05) is 0 Å². The number of hydrogen-bond donors (Lipinski definition) is 0. The summed E-state index contributed by atoms with van der Waals surface area (Å²) in [5.74, 6) is -15.6. The van der Waals surface area contributed by atoms with Crippen molar-refractivity contribution in [1.29, 1.82) is 0 Å². The van der Waals surface area contributed by atoms with Crippen LogP contribution in [0, 0.1) is 46.5 Å². The summed E-state index contributed by atoms with van der Waals surface area (Å²) in [7, 11) is 0. The van der Waals surface area contributed by atoms with Gasteiger partial charge in [0.25, 0.3) is 0 Å². The van der Waals surface area contributed by atoms with E-state index >= 15 is 0 Å². The predicted octanol–water partition coefficient (Wildman–Crippen LogP) is 1.59. The van der Waals surface area contributed by atoms with Gasteiger partial charge in [-0.25, -0.2) is 35.1 Å². The summed E-state index contributed by atoms with van der Waals surface area (Å²) >= 11 is 0. The van der Waals surface area contributed by atoms with E-state index in [2.05, 4.69) is 0 Å². The molecule has 0 spiro atoms. The van der Waals surface area contributed by atoms with Crippen molar-refractivity contribution in [2.45, 2.75) is 13.6 Å². The first-order chi connectivity index (χ1) is 11.1. The number of fused-ring (bicyclic) bond motifs is 2. The third-order valence-corrected chi connectivity index (χ3v) is 4.41. The summed E-state index contributed by atoms with van der Waals surface area (Å²) in [4.78, 5) is 0. The summed E-state index contributed by atoms with van der Waals surface area (Å²) in [6.45, 7) is -1.05. The van der Waals surface area contributed by atoms with Crippen molar-refractivity contribution >= 4 is 35.3 Å². The number of hydrogen-bond acceptors (Lipinski definition) is 0. The van der Waals surface area contributed by atoms with Crippen LogP contribution in [0.25, 0.3) is 0 Å². The third-order valence-electron chi connectivity index (χ3n) is 4.41. The van der Waals surface area contributed by atoms with Gasteiger partial charge >= 0.3 is 0 Å². The van der Waals surface area contributed by atoms with Gasteiger partial charge in [0.15, 0.2) is 46.5 Å². The molecule has 1 aliphatic rings. The fraction of sp³-hybridized carbons (Fsp3) is 0.143. The van der Waals surface area contributed by atoms with Gasteiger partial charge in [-0.1, -0.05) is 13.6 Å². The normalized spacial score (nSPS) is 13.2. The Balaban J connectivity index is 2.48. The molecule has 0 nitrogen and oxygen atoms in total. The fourth-order valence-electron chi connectivity index (χ4n) is 3.31. The molecule has 2 aromatic carbocycles. The van der Waals surface area contributed by atoms with E-state index < -0.39 is 81.8 Å². The Kier molecular flexibility index (Phi) is 3.69. The summed E-state index contributed by atoms with van der Waals surface area (Å²) < 4.78 is 110. The lowest BCUT2D eigenvalue weighted by Gasteiger charge is -2.29.